The molecule has 2 aromatic rings. The molecule has 23 heavy (non-hydrogen) atoms. The van der Waals surface area contributed by atoms with Crippen LogP contribution in [0.4, 0.5) is 0 Å². The van der Waals surface area contributed by atoms with Crippen molar-refractivity contribution in [3.8, 4) is 0 Å². The van der Waals surface area contributed by atoms with Gasteiger partial charge in [-0.25, -0.2) is 9.50 Å². The average molecular weight is 382 g/mol. The van der Waals surface area contributed by atoms with Gasteiger partial charge in [-0.3, -0.25) is 4.79 Å². The summed E-state index contributed by atoms with van der Waals surface area (Å²) in [4.78, 5) is 16.8. The Labute approximate surface area is 145 Å². The molecule has 0 spiro atoms. The lowest BCUT2D eigenvalue weighted by atomic mass is 9.92. The van der Waals surface area contributed by atoms with Gasteiger partial charge in [0.25, 0.3) is 0 Å². The van der Waals surface area contributed by atoms with E-state index in [0.29, 0.717) is 0 Å². The van der Waals surface area contributed by atoms with Crippen molar-refractivity contribution in [1.29, 1.82) is 0 Å². The smallest absolute Gasteiger partial charge is 0.313 e. The summed E-state index contributed by atoms with van der Waals surface area (Å²) in [5, 5.41) is 4.67. The van der Waals surface area contributed by atoms with Crippen molar-refractivity contribution in [3.05, 3.63) is 27.6 Å². The predicted molar refractivity (Wildman–Crippen MR) is 93.8 cm³/mol. The normalized spacial score (nSPS) is 13.3. The minimum atomic E-state index is -0.303. The maximum Gasteiger partial charge on any atom is 0.313 e. The van der Waals surface area contributed by atoms with Gasteiger partial charge in [-0.05, 0) is 29.3 Å². The molecule has 2 aromatic heterocycles. The van der Waals surface area contributed by atoms with Crippen LogP contribution in [-0.4, -0.2) is 27.7 Å². The number of aromatic nitrogens is 3. The van der Waals surface area contributed by atoms with Crippen LogP contribution in [0.25, 0.3) is 5.65 Å². The van der Waals surface area contributed by atoms with E-state index in [9.17, 15) is 4.79 Å². The van der Waals surface area contributed by atoms with Crippen LogP contribution in [0, 0.1) is 6.92 Å². The molecule has 1 unspecified atom stereocenters. The molecule has 0 radical (unpaired) electrons. The van der Waals surface area contributed by atoms with Gasteiger partial charge in [0.1, 0.15) is 0 Å². The number of esters is 1. The SMILES string of the molecule is CCCC(C(=O)OC)c1cn2nc(C(C)(C)C)c(Br)c2nc1C. The van der Waals surface area contributed by atoms with Crippen molar-refractivity contribution < 1.29 is 9.53 Å². The first-order valence-corrected chi connectivity index (χ1v) is 8.63. The minimum absolute atomic E-state index is 0.0915. The standard InChI is InChI=1S/C17H24BrN3O2/c1-7-8-11(16(22)23-6)12-9-21-15(19-10(12)2)13(18)14(20-21)17(3,4)5/h9,11H,7-8H2,1-6H3. The fraction of sp³-hybridized carbons (Fsp3) is 0.588. The zero-order valence-electron chi connectivity index (χ0n) is 14.6. The molecule has 0 fully saturated rings. The summed E-state index contributed by atoms with van der Waals surface area (Å²) in [6.45, 7) is 10.3. The van der Waals surface area contributed by atoms with Gasteiger partial charge < -0.3 is 4.74 Å². The Morgan fingerprint density at radius 3 is 2.61 bits per heavy atom. The predicted octanol–water partition coefficient (Wildman–Crippen LogP) is 4.15. The Morgan fingerprint density at radius 2 is 2.09 bits per heavy atom. The molecule has 0 aliphatic carbocycles. The van der Waals surface area contributed by atoms with Gasteiger partial charge in [0.15, 0.2) is 5.65 Å². The zero-order chi connectivity index (χ0) is 17.4. The molecule has 0 amide bonds. The highest BCUT2D eigenvalue weighted by atomic mass is 79.9. The van der Waals surface area contributed by atoms with Crippen LogP contribution >= 0.6 is 15.9 Å². The lowest BCUT2D eigenvalue weighted by Gasteiger charge is -2.16. The lowest BCUT2D eigenvalue weighted by Crippen LogP contribution is -2.17. The number of hydrogen-bond donors (Lipinski definition) is 0. The third-order valence-electron chi connectivity index (χ3n) is 3.93. The Morgan fingerprint density at radius 1 is 1.43 bits per heavy atom. The molecule has 2 rings (SSSR count). The Kier molecular flexibility index (Phi) is 5.14. The van der Waals surface area contributed by atoms with Crippen LogP contribution in [0.5, 0.6) is 0 Å². The number of rotatable bonds is 4. The van der Waals surface area contributed by atoms with Crippen molar-refractivity contribution in [1.82, 2.24) is 14.6 Å². The minimum Gasteiger partial charge on any atom is -0.469 e. The molecule has 0 aliphatic heterocycles. The summed E-state index contributed by atoms with van der Waals surface area (Å²) in [6.07, 6.45) is 3.54. The fourth-order valence-electron chi connectivity index (χ4n) is 2.70. The summed E-state index contributed by atoms with van der Waals surface area (Å²) in [5.74, 6) is -0.527. The molecule has 0 saturated heterocycles. The summed E-state index contributed by atoms with van der Waals surface area (Å²) >= 11 is 3.62. The third kappa shape index (κ3) is 3.42. The highest BCUT2D eigenvalue weighted by molar-refractivity contribution is 9.10. The molecule has 0 bridgehead atoms. The van der Waals surface area contributed by atoms with E-state index in [4.69, 9.17) is 4.74 Å². The number of carbonyl (C=O) groups excluding carboxylic acids is 1. The number of fused-ring (bicyclic) bond motifs is 1. The van der Waals surface area contributed by atoms with Crippen LogP contribution in [0.2, 0.25) is 0 Å². The van der Waals surface area contributed by atoms with Gasteiger partial charge in [0.2, 0.25) is 0 Å². The fourth-order valence-corrected chi connectivity index (χ4v) is 3.64. The first-order chi connectivity index (χ1) is 10.7. The van der Waals surface area contributed by atoms with E-state index in [1.807, 2.05) is 13.1 Å². The molecule has 6 heteroatoms. The van der Waals surface area contributed by atoms with Crippen LogP contribution in [-0.2, 0) is 14.9 Å². The highest BCUT2D eigenvalue weighted by Crippen LogP contribution is 2.33. The second kappa shape index (κ2) is 6.59. The maximum atomic E-state index is 12.1. The summed E-state index contributed by atoms with van der Waals surface area (Å²) < 4.78 is 7.63. The van der Waals surface area contributed by atoms with Gasteiger partial charge in [-0.2, -0.15) is 5.10 Å². The number of hydrogen-bond acceptors (Lipinski definition) is 4. The largest absolute Gasteiger partial charge is 0.469 e. The molecule has 0 N–H and O–H groups in total. The molecule has 0 saturated carbocycles. The van der Waals surface area contributed by atoms with Crippen molar-refractivity contribution in [2.24, 2.45) is 0 Å². The molecule has 0 aromatic carbocycles. The topological polar surface area (TPSA) is 56.5 Å². The Hall–Kier alpha value is -1.43. The van der Waals surface area contributed by atoms with Gasteiger partial charge in [0.05, 0.1) is 23.2 Å². The van der Waals surface area contributed by atoms with Crippen LogP contribution < -0.4 is 0 Å². The quantitative estimate of drug-likeness (QED) is 0.746. The Bertz CT molecular complexity index is 731. The van der Waals surface area contributed by atoms with E-state index in [1.165, 1.54) is 7.11 Å². The first kappa shape index (κ1) is 17.9. The molecular formula is C17H24BrN3O2. The molecular weight excluding hydrogens is 358 g/mol. The number of nitrogens with zero attached hydrogens (tertiary/aromatic N) is 3. The number of carbonyl (C=O) groups is 1. The molecule has 126 valence electrons. The second-order valence-corrected chi connectivity index (χ2v) is 7.62. The van der Waals surface area contributed by atoms with E-state index in [-0.39, 0.29) is 17.3 Å². The zero-order valence-corrected chi connectivity index (χ0v) is 16.2. The average Bonchev–Trinajstić information content (AvgIpc) is 2.80. The number of aryl methyl sites for hydroxylation is 1. The molecule has 1 atom stereocenters. The highest BCUT2D eigenvalue weighted by Gasteiger charge is 2.27. The van der Waals surface area contributed by atoms with Crippen molar-refractivity contribution >= 4 is 27.5 Å². The van der Waals surface area contributed by atoms with Gasteiger partial charge in [-0.1, -0.05) is 34.1 Å². The van der Waals surface area contributed by atoms with Crippen LogP contribution in [0.1, 0.15) is 63.4 Å². The third-order valence-corrected chi connectivity index (χ3v) is 4.66. The van der Waals surface area contributed by atoms with Gasteiger partial charge >= 0.3 is 5.97 Å². The van der Waals surface area contributed by atoms with Gasteiger partial charge in [-0.15, -0.1) is 0 Å². The van der Waals surface area contributed by atoms with E-state index >= 15 is 0 Å². The summed E-state index contributed by atoms with van der Waals surface area (Å²) in [5.41, 5.74) is 3.35. The number of halogens is 1. The monoisotopic (exact) mass is 381 g/mol. The molecule has 2 heterocycles. The summed E-state index contributed by atoms with van der Waals surface area (Å²) in [6, 6.07) is 0. The van der Waals surface area contributed by atoms with Crippen molar-refractivity contribution in [2.75, 3.05) is 7.11 Å². The maximum absolute atomic E-state index is 12.1. The Balaban J connectivity index is 2.63. The van der Waals surface area contributed by atoms with E-state index in [2.05, 4.69) is 53.7 Å². The van der Waals surface area contributed by atoms with Crippen LogP contribution in [0.3, 0.4) is 0 Å². The molecule has 0 aliphatic rings. The van der Waals surface area contributed by atoms with Crippen LogP contribution in [0.15, 0.2) is 10.7 Å². The summed E-state index contributed by atoms with van der Waals surface area (Å²) in [7, 11) is 1.43. The lowest BCUT2D eigenvalue weighted by molar-refractivity contribution is -0.142. The van der Waals surface area contributed by atoms with Gasteiger partial charge in [0, 0.05) is 22.9 Å². The van der Waals surface area contributed by atoms with E-state index in [0.717, 1.165) is 39.9 Å². The number of methoxy groups -OCH3 is 1. The molecule has 5 nitrogen and oxygen atoms in total. The van der Waals surface area contributed by atoms with E-state index < -0.39 is 0 Å². The number of ether oxygens (including phenoxy) is 1. The van der Waals surface area contributed by atoms with E-state index in [1.54, 1.807) is 4.52 Å². The van der Waals surface area contributed by atoms with Crippen molar-refractivity contribution in [3.63, 3.8) is 0 Å². The van der Waals surface area contributed by atoms with Crippen molar-refractivity contribution in [2.45, 2.75) is 58.8 Å². The first-order valence-electron chi connectivity index (χ1n) is 7.84. The second-order valence-electron chi connectivity index (χ2n) is 6.83.